The van der Waals surface area contributed by atoms with Crippen molar-refractivity contribution in [3.63, 3.8) is 0 Å². The van der Waals surface area contributed by atoms with Crippen LogP contribution in [0.15, 0.2) is 48.5 Å². The van der Waals surface area contributed by atoms with Crippen LogP contribution >= 0.6 is 0 Å². The number of aryl methyl sites for hydroxylation is 1. The quantitative estimate of drug-likeness (QED) is 0.515. The van der Waals surface area contributed by atoms with E-state index in [1.54, 1.807) is 24.0 Å². The Hall–Kier alpha value is -4.02. The molecule has 0 unspecified atom stereocenters. The number of amides is 1. The van der Waals surface area contributed by atoms with Crippen LogP contribution in [0, 0.1) is 0 Å². The molecule has 0 saturated carbocycles. The molecule has 2 N–H and O–H groups in total. The van der Waals surface area contributed by atoms with Crippen LogP contribution < -0.4 is 15.4 Å². The SMILES string of the molecule is CCOC(=O)c1c(OC(=O)C(F)(F)F)c2cc(N3CC[C@@H](c4ccccc4)[C@H]3C(N)=O)ccc2n1C. The van der Waals surface area contributed by atoms with Gasteiger partial charge in [0, 0.05) is 30.6 Å². The first-order valence-electron chi connectivity index (χ1n) is 11.2. The molecule has 0 aliphatic carbocycles. The van der Waals surface area contributed by atoms with Gasteiger partial charge < -0.3 is 24.7 Å². The van der Waals surface area contributed by atoms with E-state index < -0.39 is 35.8 Å². The predicted molar refractivity (Wildman–Crippen MR) is 125 cm³/mol. The summed E-state index contributed by atoms with van der Waals surface area (Å²) in [5.74, 6) is -4.71. The Kier molecular flexibility index (Phi) is 6.66. The topological polar surface area (TPSA) is 104 Å². The van der Waals surface area contributed by atoms with Gasteiger partial charge in [-0.1, -0.05) is 30.3 Å². The molecule has 1 saturated heterocycles. The second-order valence-corrected chi connectivity index (χ2v) is 8.39. The number of carbonyl (C=O) groups is 3. The lowest BCUT2D eigenvalue weighted by Crippen LogP contribution is -2.43. The molecule has 36 heavy (non-hydrogen) atoms. The largest absolute Gasteiger partial charge is 0.491 e. The van der Waals surface area contributed by atoms with Gasteiger partial charge in [-0.05, 0) is 37.1 Å². The first-order valence-corrected chi connectivity index (χ1v) is 11.2. The Balaban J connectivity index is 1.82. The highest BCUT2D eigenvalue weighted by Crippen LogP contribution is 2.41. The molecule has 1 fully saturated rings. The highest BCUT2D eigenvalue weighted by molar-refractivity contribution is 6.04. The number of ether oxygens (including phenoxy) is 2. The lowest BCUT2D eigenvalue weighted by Gasteiger charge is -2.28. The zero-order valence-electron chi connectivity index (χ0n) is 19.5. The van der Waals surface area contributed by atoms with E-state index in [4.69, 9.17) is 15.2 Å². The van der Waals surface area contributed by atoms with Gasteiger partial charge in [-0.15, -0.1) is 0 Å². The van der Waals surface area contributed by atoms with E-state index in [1.807, 2.05) is 30.3 Å². The van der Waals surface area contributed by atoms with Gasteiger partial charge in [-0.25, -0.2) is 9.59 Å². The number of esters is 2. The lowest BCUT2D eigenvalue weighted by molar-refractivity contribution is -0.189. The molecule has 11 heteroatoms. The number of aromatic nitrogens is 1. The van der Waals surface area contributed by atoms with E-state index in [9.17, 15) is 27.6 Å². The van der Waals surface area contributed by atoms with Crippen LogP contribution in [0.3, 0.4) is 0 Å². The average Bonchev–Trinajstić information content (AvgIpc) is 3.39. The Labute approximate surface area is 204 Å². The van der Waals surface area contributed by atoms with Crippen LogP contribution in [0.25, 0.3) is 10.9 Å². The summed E-state index contributed by atoms with van der Waals surface area (Å²) in [6.45, 7) is 1.96. The minimum absolute atomic E-state index is 0.0345. The molecule has 190 valence electrons. The number of carbonyl (C=O) groups excluding carboxylic acids is 3. The van der Waals surface area contributed by atoms with Crippen molar-refractivity contribution in [3.8, 4) is 5.75 Å². The number of hydrogen-bond donors (Lipinski definition) is 1. The molecule has 3 aromatic rings. The summed E-state index contributed by atoms with van der Waals surface area (Å²) < 4.78 is 50.1. The van der Waals surface area contributed by atoms with Crippen molar-refractivity contribution in [1.29, 1.82) is 0 Å². The number of primary amides is 1. The van der Waals surface area contributed by atoms with E-state index in [-0.39, 0.29) is 23.6 Å². The standard InChI is InChI=1S/C25H24F3N3O5/c1-3-35-23(33)20-21(36-24(34)25(26,27)28)17-13-15(9-10-18(17)30(20)2)31-12-11-16(19(31)22(29)32)14-7-5-4-6-8-14/h4-10,13,16,19H,3,11-12H2,1-2H3,(H2,29,32)/t16-,19-/m0/s1. The fourth-order valence-corrected chi connectivity index (χ4v) is 4.74. The molecule has 1 amide bonds. The number of alkyl halides is 3. The summed E-state index contributed by atoms with van der Waals surface area (Å²) in [6.07, 6.45) is -4.66. The predicted octanol–water partition coefficient (Wildman–Crippen LogP) is 3.67. The summed E-state index contributed by atoms with van der Waals surface area (Å²) >= 11 is 0. The Morgan fingerprint density at radius 2 is 1.81 bits per heavy atom. The van der Waals surface area contributed by atoms with Crippen LogP contribution in [0.2, 0.25) is 0 Å². The van der Waals surface area contributed by atoms with Crippen molar-refractivity contribution >= 4 is 34.4 Å². The molecule has 1 aliphatic heterocycles. The summed E-state index contributed by atoms with van der Waals surface area (Å²) in [5, 5.41) is 0.0852. The third kappa shape index (κ3) is 4.48. The zero-order valence-corrected chi connectivity index (χ0v) is 19.5. The first kappa shape index (κ1) is 25.1. The number of fused-ring (bicyclic) bond motifs is 1. The van der Waals surface area contributed by atoms with Crippen LogP contribution in [0.4, 0.5) is 18.9 Å². The van der Waals surface area contributed by atoms with Crippen LogP contribution in [0.5, 0.6) is 5.75 Å². The van der Waals surface area contributed by atoms with E-state index in [0.29, 0.717) is 24.2 Å². The van der Waals surface area contributed by atoms with Gasteiger partial charge in [-0.3, -0.25) is 4.79 Å². The number of benzene rings is 2. The van der Waals surface area contributed by atoms with Gasteiger partial charge in [0.15, 0.2) is 11.4 Å². The molecule has 8 nitrogen and oxygen atoms in total. The molecule has 0 spiro atoms. The highest BCUT2D eigenvalue weighted by atomic mass is 19.4. The van der Waals surface area contributed by atoms with Crippen molar-refractivity contribution in [1.82, 2.24) is 4.57 Å². The Morgan fingerprint density at radius 3 is 2.42 bits per heavy atom. The van der Waals surface area contributed by atoms with Gasteiger partial charge in [0.05, 0.1) is 12.1 Å². The van der Waals surface area contributed by atoms with Gasteiger partial charge in [-0.2, -0.15) is 13.2 Å². The third-order valence-corrected chi connectivity index (χ3v) is 6.28. The molecule has 2 aromatic carbocycles. The van der Waals surface area contributed by atoms with Gasteiger partial charge >= 0.3 is 18.1 Å². The summed E-state index contributed by atoms with van der Waals surface area (Å²) in [6, 6.07) is 13.4. The molecule has 0 bridgehead atoms. The van der Waals surface area contributed by atoms with Gasteiger partial charge in [0.1, 0.15) is 6.04 Å². The minimum atomic E-state index is -5.28. The number of anilines is 1. The fraction of sp³-hybridized carbons (Fsp3) is 0.320. The van der Waals surface area contributed by atoms with Crippen molar-refractivity contribution in [3.05, 3.63) is 59.8 Å². The summed E-state index contributed by atoms with van der Waals surface area (Å²) in [4.78, 5) is 38.6. The maximum Gasteiger partial charge on any atom is 0.491 e. The molecule has 1 aliphatic rings. The van der Waals surface area contributed by atoms with Crippen LogP contribution in [0.1, 0.15) is 35.3 Å². The first-order chi connectivity index (χ1) is 17.0. The van der Waals surface area contributed by atoms with Crippen molar-refractivity contribution in [2.75, 3.05) is 18.1 Å². The monoisotopic (exact) mass is 503 g/mol. The average molecular weight is 503 g/mol. The molecule has 2 atom stereocenters. The van der Waals surface area contributed by atoms with Gasteiger partial charge in [0.2, 0.25) is 5.91 Å². The van der Waals surface area contributed by atoms with Crippen LogP contribution in [-0.4, -0.2) is 47.8 Å². The number of nitrogens with two attached hydrogens (primary N) is 1. The molecule has 1 aromatic heterocycles. The normalized spacial score (nSPS) is 17.9. The number of halogens is 3. The van der Waals surface area contributed by atoms with Crippen LogP contribution in [-0.2, 0) is 21.4 Å². The Bertz CT molecular complexity index is 1320. The smallest absolute Gasteiger partial charge is 0.461 e. The molecule has 2 heterocycles. The van der Waals surface area contributed by atoms with Crippen molar-refractivity contribution < 1.29 is 37.0 Å². The molecular weight excluding hydrogens is 479 g/mol. The van der Waals surface area contributed by atoms with E-state index in [1.165, 1.54) is 17.7 Å². The van der Waals surface area contributed by atoms with Crippen molar-refractivity contribution in [2.24, 2.45) is 12.8 Å². The van der Waals surface area contributed by atoms with E-state index in [2.05, 4.69) is 0 Å². The Morgan fingerprint density at radius 1 is 1.11 bits per heavy atom. The summed E-state index contributed by atoms with van der Waals surface area (Å²) in [5.41, 5.74) is 7.19. The minimum Gasteiger partial charge on any atom is -0.461 e. The number of nitrogens with zero attached hydrogens (tertiary/aromatic N) is 2. The van der Waals surface area contributed by atoms with E-state index in [0.717, 1.165) is 5.56 Å². The zero-order chi connectivity index (χ0) is 26.2. The van der Waals surface area contributed by atoms with Crippen molar-refractivity contribution in [2.45, 2.75) is 31.5 Å². The number of hydrogen-bond acceptors (Lipinski definition) is 6. The molecular formula is C25H24F3N3O5. The number of rotatable bonds is 6. The molecule has 4 rings (SSSR count). The maximum absolute atomic E-state index is 13.0. The van der Waals surface area contributed by atoms with Gasteiger partial charge in [0.25, 0.3) is 0 Å². The third-order valence-electron chi connectivity index (χ3n) is 6.28. The van der Waals surface area contributed by atoms with E-state index >= 15 is 0 Å². The molecule has 0 radical (unpaired) electrons. The maximum atomic E-state index is 13.0. The second kappa shape index (κ2) is 9.56. The summed E-state index contributed by atoms with van der Waals surface area (Å²) in [7, 11) is 1.45. The second-order valence-electron chi connectivity index (χ2n) is 8.39. The highest BCUT2D eigenvalue weighted by Gasteiger charge is 2.43. The fourth-order valence-electron chi connectivity index (χ4n) is 4.74. The lowest BCUT2D eigenvalue weighted by atomic mass is 9.91.